The molecule has 1 amide bonds. The Morgan fingerprint density at radius 1 is 1.06 bits per heavy atom. The van der Waals surface area contributed by atoms with Gasteiger partial charge in [-0.2, -0.15) is 0 Å². The van der Waals surface area contributed by atoms with E-state index in [2.05, 4.69) is 0 Å². The standard InChI is InChI=1S/C25H24N2O5/c1-26(2)18-10-6-16(7-11-18)22-21(23(28)17-8-12-19(31-3)13-9-17)24(29)25(30)27(22)15-20-5-4-14-32-20/h4-14,22,28H,15H2,1-3H3/b23-21+. The summed E-state index contributed by atoms with van der Waals surface area (Å²) < 4.78 is 10.6. The second-order valence-electron chi connectivity index (χ2n) is 7.84. The zero-order valence-corrected chi connectivity index (χ0v) is 18.1. The van der Waals surface area contributed by atoms with Gasteiger partial charge in [0.05, 0.1) is 40.1 Å². The van der Waals surface area contributed by atoms with Crippen molar-refractivity contribution in [1.29, 1.82) is 0 Å². The number of benzene rings is 2. The summed E-state index contributed by atoms with van der Waals surface area (Å²) in [6.45, 7) is 0.0856. The molecule has 1 aliphatic heterocycles. The van der Waals surface area contributed by atoms with Gasteiger partial charge in [-0.05, 0) is 47.5 Å². The molecule has 2 heterocycles. The number of furan rings is 1. The maximum atomic E-state index is 13.4. The van der Waals surface area contributed by atoms with Crippen LogP contribution in [0.25, 0.3) is 5.76 Å². The van der Waals surface area contributed by atoms with E-state index in [9.17, 15) is 14.7 Å². The Hall–Kier alpha value is -3.84. The number of amides is 1. The van der Waals surface area contributed by atoms with Crippen molar-refractivity contribution in [3.63, 3.8) is 0 Å². The summed E-state index contributed by atoms with van der Waals surface area (Å²) in [4.78, 5) is 28.5. The molecule has 1 aromatic heterocycles. The zero-order chi connectivity index (χ0) is 22.8. The molecule has 4 rings (SSSR count). The number of carbonyl (C=O) groups excluding carboxylic acids is 2. The zero-order valence-electron chi connectivity index (χ0n) is 18.1. The van der Waals surface area contributed by atoms with Crippen LogP contribution < -0.4 is 14.7 Å². The van der Waals surface area contributed by atoms with Gasteiger partial charge in [0.25, 0.3) is 5.91 Å². The minimum Gasteiger partial charge on any atom is -0.872 e. The number of nitrogens with one attached hydrogen (secondary N) is 1. The summed E-state index contributed by atoms with van der Waals surface area (Å²) in [6, 6.07) is 16.7. The third-order valence-electron chi connectivity index (χ3n) is 5.59. The summed E-state index contributed by atoms with van der Waals surface area (Å²) in [5.74, 6) is -0.850. The second kappa shape index (κ2) is 8.72. The lowest BCUT2D eigenvalue weighted by molar-refractivity contribution is -0.786. The van der Waals surface area contributed by atoms with Gasteiger partial charge in [0.15, 0.2) is 0 Å². The summed E-state index contributed by atoms with van der Waals surface area (Å²) in [5, 5.41) is 13.4. The Morgan fingerprint density at radius 3 is 2.31 bits per heavy atom. The first-order chi connectivity index (χ1) is 15.4. The van der Waals surface area contributed by atoms with Crippen LogP contribution in [0, 0.1) is 0 Å². The molecule has 1 atom stereocenters. The molecule has 7 nitrogen and oxygen atoms in total. The predicted octanol–water partition coefficient (Wildman–Crippen LogP) is 1.49. The van der Waals surface area contributed by atoms with Gasteiger partial charge in [0.1, 0.15) is 17.2 Å². The number of hydrogen-bond acceptors (Lipinski definition) is 5. The number of rotatable bonds is 6. The molecule has 3 aromatic rings. The molecule has 1 aliphatic rings. The third-order valence-corrected chi connectivity index (χ3v) is 5.59. The van der Waals surface area contributed by atoms with E-state index >= 15 is 0 Å². The van der Waals surface area contributed by atoms with Crippen LogP contribution in [0.2, 0.25) is 0 Å². The molecule has 1 saturated heterocycles. The number of nitrogens with zero attached hydrogens (tertiary/aromatic N) is 1. The Bertz CT molecular complexity index is 1150. The number of ketones is 1. The normalized spacial score (nSPS) is 17.9. The smallest absolute Gasteiger partial charge is 0.295 e. The van der Waals surface area contributed by atoms with Crippen LogP contribution in [0.5, 0.6) is 5.75 Å². The summed E-state index contributed by atoms with van der Waals surface area (Å²) in [7, 11) is 5.55. The molecule has 7 heteroatoms. The van der Waals surface area contributed by atoms with E-state index in [0.29, 0.717) is 22.6 Å². The van der Waals surface area contributed by atoms with Gasteiger partial charge < -0.3 is 24.1 Å². The van der Waals surface area contributed by atoms with Crippen molar-refractivity contribution >= 4 is 23.1 Å². The van der Waals surface area contributed by atoms with E-state index in [1.165, 1.54) is 18.3 Å². The number of ether oxygens (including phenoxy) is 1. The molecular formula is C25H24N2O5. The van der Waals surface area contributed by atoms with E-state index in [0.717, 1.165) is 10.6 Å². The average Bonchev–Trinajstić information content (AvgIpc) is 3.41. The van der Waals surface area contributed by atoms with Crippen LogP contribution in [-0.2, 0) is 16.1 Å². The van der Waals surface area contributed by atoms with E-state index in [4.69, 9.17) is 9.15 Å². The minimum absolute atomic E-state index is 0.0586. The van der Waals surface area contributed by atoms with Crippen molar-refractivity contribution in [3.8, 4) is 5.75 Å². The number of methoxy groups -OCH3 is 1. The molecule has 0 radical (unpaired) electrons. The van der Waals surface area contributed by atoms with Crippen molar-refractivity contribution in [2.75, 3.05) is 21.2 Å². The molecule has 2 aromatic carbocycles. The molecule has 0 bridgehead atoms. The first-order valence-electron chi connectivity index (χ1n) is 10.2. The molecule has 1 fully saturated rings. The van der Waals surface area contributed by atoms with Crippen LogP contribution in [0.15, 0.2) is 76.9 Å². The molecular weight excluding hydrogens is 408 g/mol. The van der Waals surface area contributed by atoms with Crippen LogP contribution >= 0.6 is 0 Å². The highest BCUT2D eigenvalue weighted by Crippen LogP contribution is 2.40. The lowest BCUT2D eigenvalue weighted by Crippen LogP contribution is -3.00. The number of carbonyl (C=O) groups is 2. The fourth-order valence-electron chi connectivity index (χ4n) is 3.85. The predicted molar refractivity (Wildman–Crippen MR) is 116 cm³/mol. The quantitative estimate of drug-likeness (QED) is 0.362. The topological polar surface area (TPSA) is 87.2 Å². The SMILES string of the molecule is COc1ccc(/C([O-])=C2\C(=O)C(=O)N(Cc3ccco3)C2c2ccc([NH+](C)C)cc2)cc1. The Morgan fingerprint density at radius 2 is 1.75 bits per heavy atom. The number of quaternary nitrogens is 1. The average molecular weight is 432 g/mol. The molecule has 1 unspecified atom stereocenters. The lowest BCUT2D eigenvalue weighted by Gasteiger charge is -2.27. The minimum atomic E-state index is -0.805. The van der Waals surface area contributed by atoms with Crippen molar-refractivity contribution in [2.45, 2.75) is 12.6 Å². The highest BCUT2D eigenvalue weighted by molar-refractivity contribution is 6.46. The second-order valence-corrected chi connectivity index (χ2v) is 7.84. The van der Waals surface area contributed by atoms with E-state index < -0.39 is 23.5 Å². The van der Waals surface area contributed by atoms with Crippen LogP contribution in [-0.4, -0.2) is 37.8 Å². The van der Waals surface area contributed by atoms with Crippen LogP contribution in [0.1, 0.15) is 22.9 Å². The van der Waals surface area contributed by atoms with Gasteiger partial charge in [-0.15, -0.1) is 0 Å². The Labute approximate surface area is 186 Å². The molecule has 0 spiro atoms. The molecule has 0 saturated carbocycles. The summed E-state index contributed by atoms with van der Waals surface area (Å²) >= 11 is 0. The summed E-state index contributed by atoms with van der Waals surface area (Å²) in [6.07, 6.45) is 1.51. The maximum Gasteiger partial charge on any atom is 0.295 e. The van der Waals surface area contributed by atoms with Gasteiger partial charge in [-0.3, -0.25) is 9.59 Å². The van der Waals surface area contributed by atoms with Crippen molar-refractivity contribution in [2.24, 2.45) is 0 Å². The van der Waals surface area contributed by atoms with Gasteiger partial charge in [0, 0.05) is 5.57 Å². The molecule has 164 valence electrons. The van der Waals surface area contributed by atoms with Gasteiger partial charge in [0.2, 0.25) is 5.78 Å². The highest BCUT2D eigenvalue weighted by Gasteiger charge is 2.44. The highest BCUT2D eigenvalue weighted by atomic mass is 16.5. The monoisotopic (exact) mass is 432 g/mol. The van der Waals surface area contributed by atoms with Gasteiger partial charge in [-0.1, -0.05) is 30.0 Å². The Kier molecular flexibility index (Phi) is 5.83. The van der Waals surface area contributed by atoms with Gasteiger partial charge in [-0.25, -0.2) is 0 Å². The van der Waals surface area contributed by atoms with Crippen LogP contribution in [0.4, 0.5) is 5.69 Å². The number of Topliss-reactive ketones (excluding diaryl/α,β-unsaturated/α-hetero) is 1. The number of hydrogen-bond donors (Lipinski definition) is 1. The third kappa shape index (κ3) is 3.90. The van der Waals surface area contributed by atoms with Crippen molar-refractivity contribution < 1.29 is 28.7 Å². The largest absolute Gasteiger partial charge is 0.872 e. The Balaban J connectivity index is 1.83. The fraction of sp³-hybridized carbons (Fsp3) is 0.200. The lowest BCUT2D eigenvalue weighted by atomic mass is 9.95. The first-order valence-corrected chi connectivity index (χ1v) is 10.2. The van der Waals surface area contributed by atoms with Crippen molar-refractivity contribution in [3.05, 3.63) is 89.4 Å². The van der Waals surface area contributed by atoms with E-state index in [1.54, 1.807) is 36.4 Å². The van der Waals surface area contributed by atoms with E-state index in [1.807, 2.05) is 38.4 Å². The molecule has 0 aliphatic carbocycles. The van der Waals surface area contributed by atoms with Crippen molar-refractivity contribution in [1.82, 2.24) is 4.90 Å². The van der Waals surface area contributed by atoms with E-state index in [-0.39, 0.29) is 12.1 Å². The first kappa shape index (κ1) is 21.4. The summed E-state index contributed by atoms with van der Waals surface area (Å²) in [5.41, 5.74) is 2.00. The van der Waals surface area contributed by atoms with Crippen LogP contribution in [0.3, 0.4) is 0 Å². The molecule has 32 heavy (non-hydrogen) atoms. The van der Waals surface area contributed by atoms with Gasteiger partial charge >= 0.3 is 0 Å². The number of likely N-dealkylation sites (tertiary alicyclic amines) is 1. The maximum absolute atomic E-state index is 13.4. The molecule has 1 N–H and O–H groups in total. The fourth-order valence-corrected chi connectivity index (χ4v) is 3.85.